The average Bonchev–Trinajstić information content (AvgIpc) is 2.98. The Balaban J connectivity index is 2.08. The number of halogens is 1. The number of Topliss-reactive ketones (excluding diaryl/α,β-unsaturated/α-hetero) is 1. The molecule has 6 N–H and O–H groups in total. The van der Waals surface area contributed by atoms with Crippen LogP contribution in [0, 0.1) is 11.9 Å². The molecule has 1 aromatic carbocycles. The van der Waals surface area contributed by atoms with E-state index in [4.69, 9.17) is 14.2 Å². The highest BCUT2D eigenvalue weighted by atomic mass is 31.2. The van der Waals surface area contributed by atoms with Crippen LogP contribution in [0.5, 0.6) is 0 Å². The van der Waals surface area contributed by atoms with E-state index < -0.39 is 106 Å². The van der Waals surface area contributed by atoms with Crippen molar-refractivity contribution in [2.75, 3.05) is 6.61 Å². The molecule has 244 valence electrons. The molecule has 0 saturated carbocycles. The maximum absolute atomic E-state index is 13.5. The monoisotopic (exact) mass is 655 g/mol. The molecule has 0 bridgehead atoms. The van der Waals surface area contributed by atoms with Crippen molar-refractivity contribution in [2.45, 2.75) is 50.8 Å². The molecule has 1 heterocycles. The van der Waals surface area contributed by atoms with E-state index in [-0.39, 0.29) is 12.2 Å². The van der Waals surface area contributed by atoms with E-state index in [2.05, 4.69) is 15.4 Å². The van der Waals surface area contributed by atoms with Crippen LogP contribution in [0.15, 0.2) is 48.7 Å². The molecule has 0 spiro atoms. The number of hydrogen-bond acceptors (Lipinski definition) is 10. The molecule has 18 heteroatoms. The lowest BCUT2D eigenvalue weighted by Gasteiger charge is -2.24. The Hall–Kier alpha value is -4.57. The first-order valence-electron chi connectivity index (χ1n) is 13.2. The summed E-state index contributed by atoms with van der Waals surface area (Å²) in [7, 11) is -4.67. The van der Waals surface area contributed by atoms with Crippen molar-refractivity contribution in [3.05, 3.63) is 65.7 Å². The maximum Gasteiger partial charge on any atom is 0.406 e. The summed E-state index contributed by atoms with van der Waals surface area (Å²) in [5.41, 5.74) is 0.432. The minimum absolute atomic E-state index is 0.0455. The van der Waals surface area contributed by atoms with Gasteiger partial charge in [0.25, 0.3) is 0 Å². The van der Waals surface area contributed by atoms with E-state index in [9.17, 15) is 53.0 Å². The smallest absolute Gasteiger partial charge is 0.406 e. The second-order valence-corrected chi connectivity index (χ2v) is 11.3. The third kappa shape index (κ3) is 13.3. The number of benzene rings is 1. The minimum atomic E-state index is -4.67. The van der Waals surface area contributed by atoms with E-state index in [1.165, 1.54) is 0 Å². The molecule has 0 aliphatic heterocycles. The lowest BCUT2D eigenvalue weighted by atomic mass is 9.94. The first kappa shape index (κ1) is 36.6. The summed E-state index contributed by atoms with van der Waals surface area (Å²) < 4.78 is 37.0. The van der Waals surface area contributed by atoms with Crippen LogP contribution in [0.25, 0.3) is 0 Å². The number of hydrogen-bond donors (Lipinski definition) is 6. The maximum atomic E-state index is 13.5. The number of carbonyl (C=O) groups excluding carboxylic acids is 2. The molecule has 0 radical (unpaired) electrons. The number of ketones is 1. The third-order valence-electron chi connectivity index (χ3n) is 6.10. The number of nitrogens with one attached hydrogen (secondary N) is 2. The zero-order valence-electron chi connectivity index (χ0n) is 23.5. The van der Waals surface area contributed by atoms with Gasteiger partial charge in [-0.15, -0.1) is 0 Å². The molecule has 16 nitrogen and oxygen atoms in total. The van der Waals surface area contributed by atoms with Gasteiger partial charge in [0.15, 0.2) is 11.8 Å². The van der Waals surface area contributed by atoms with Crippen LogP contribution in [0.2, 0.25) is 0 Å². The fourth-order valence-corrected chi connectivity index (χ4v) is 5.17. The topological polar surface area (TPSA) is 256 Å². The molecule has 0 aliphatic rings. The number of carboxylic acid groups (broad SMARTS) is 4. The predicted octanol–water partition coefficient (Wildman–Crippen LogP) is 2.09. The number of pyridine rings is 1. The third-order valence-corrected chi connectivity index (χ3v) is 7.68. The summed E-state index contributed by atoms with van der Waals surface area (Å²) in [6.07, 6.45) is -1.72. The van der Waals surface area contributed by atoms with Gasteiger partial charge >= 0.3 is 31.6 Å². The fraction of sp³-hybridized carbons (Fsp3) is 0.370. The first-order valence-corrected chi connectivity index (χ1v) is 14.8. The lowest BCUT2D eigenvalue weighted by Crippen LogP contribution is -2.44. The number of nitrogens with zero attached hydrogens (tertiary/aromatic N) is 1. The molecule has 4 unspecified atom stereocenters. The molecule has 2 aromatic rings. The van der Waals surface area contributed by atoms with Crippen LogP contribution >= 0.6 is 7.75 Å². The van der Waals surface area contributed by atoms with Gasteiger partial charge < -0.3 is 25.7 Å². The van der Waals surface area contributed by atoms with Crippen LogP contribution in [-0.2, 0) is 44.2 Å². The highest BCUT2D eigenvalue weighted by Gasteiger charge is 2.35. The Morgan fingerprint density at radius 2 is 1.51 bits per heavy atom. The first-order chi connectivity index (χ1) is 21.2. The summed E-state index contributed by atoms with van der Waals surface area (Å²) in [4.78, 5) is 74.3. The van der Waals surface area contributed by atoms with Crippen molar-refractivity contribution < 1.29 is 67.2 Å². The Kier molecular flexibility index (Phi) is 14.4. The van der Waals surface area contributed by atoms with Gasteiger partial charge in [-0.1, -0.05) is 30.3 Å². The number of carboxylic acids is 4. The highest BCUT2D eigenvalue weighted by molar-refractivity contribution is 7.51. The van der Waals surface area contributed by atoms with Crippen LogP contribution in [0.4, 0.5) is 4.39 Å². The van der Waals surface area contributed by atoms with Crippen molar-refractivity contribution in [2.24, 2.45) is 5.92 Å². The van der Waals surface area contributed by atoms with Crippen LogP contribution in [-0.4, -0.2) is 79.7 Å². The normalized spacial score (nSPS) is 14.3. The number of carbonyl (C=O) groups is 6. The minimum Gasteiger partial charge on any atom is -0.481 e. The molecule has 0 aliphatic carbocycles. The summed E-state index contributed by atoms with van der Waals surface area (Å²) in [6.45, 7) is -1.40. The average molecular weight is 656 g/mol. The highest BCUT2D eigenvalue weighted by Crippen LogP contribution is 2.45. The van der Waals surface area contributed by atoms with Crippen molar-refractivity contribution in [3.63, 3.8) is 0 Å². The number of amides is 1. The van der Waals surface area contributed by atoms with Gasteiger partial charge in [-0.25, -0.2) is 19.4 Å². The zero-order valence-corrected chi connectivity index (χ0v) is 24.4. The van der Waals surface area contributed by atoms with Crippen molar-refractivity contribution >= 4 is 43.3 Å². The predicted molar refractivity (Wildman–Crippen MR) is 149 cm³/mol. The Labute approximate surface area is 255 Å². The molecular weight excluding hydrogens is 624 g/mol. The van der Waals surface area contributed by atoms with Crippen LogP contribution in [0.3, 0.4) is 0 Å². The van der Waals surface area contributed by atoms with Gasteiger partial charge in [0, 0.05) is 31.0 Å². The zero-order chi connectivity index (χ0) is 33.6. The van der Waals surface area contributed by atoms with Crippen LogP contribution in [0.1, 0.15) is 48.0 Å². The number of aliphatic carboxylic acids is 4. The van der Waals surface area contributed by atoms with Crippen molar-refractivity contribution in [1.82, 2.24) is 15.4 Å². The largest absolute Gasteiger partial charge is 0.481 e. The summed E-state index contributed by atoms with van der Waals surface area (Å²) in [6, 6.07) is 6.55. The quantitative estimate of drug-likeness (QED) is 0.0639. The van der Waals surface area contributed by atoms with Gasteiger partial charge in [0.2, 0.25) is 11.9 Å². The van der Waals surface area contributed by atoms with Crippen molar-refractivity contribution in [3.8, 4) is 0 Å². The Morgan fingerprint density at radius 1 is 0.844 bits per heavy atom. The van der Waals surface area contributed by atoms with Crippen molar-refractivity contribution in [1.29, 1.82) is 0 Å². The van der Waals surface area contributed by atoms with E-state index in [0.717, 1.165) is 18.3 Å². The summed E-state index contributed by atoms with van der Waals surface area (Å²) in [5, 5.41) is 41.6. The van der Waals surface area contributed by atoms with Crippen LogP contribution < -0.4 is 10.4 Å². The molecule has 45 heavy (non-hydrogen) atoms. The molecule has 4 atom stereocenters. The molecule has 0 saturated heterocycles. The SMILES string of the molecule is O=C(O)CCC(NP(=O)(OCc1ccccc1)OCC(NC(=O)CCC(CC(=O)c1ccc(F)nc1)C(=O)O)C(=O)O)C(=O)O. The van der Waals surface area contributed by atoms with Gasteiger partial charge in [0.05, 0.1) is 19.1 Å². The molecule has 2 rings (SSSR count). The van der Waals surface area contributed by atoms with Gasteiger partial charge in [-0.2, -0.15) is 4.39 Å². The molecule has 1 amide bonds. The Bertz CT molecular complexity index is 1410. The van der Waals surface area contributed by atoms with Gasteiger partial charge in [-0.05, 0) is 30.5 Å². The summed E-state index contributed by atoms with van der Waals surface area (Å²) >= 11 is 0. The van der Waals surface area contributed by atoms with Gasteiger partial charge in [0.1, 0.15) is 6.04 Å². The standard InChI is InChI=1S/C27H31FN3O13P/c28-22-9-6-18(13-29-22)21(32)12-17(25(36)37)7-10-23(33)30-20(27(40)41)15-44-45(42,43-14-16-4-2-1-3-5-16)31-19(26(38)39)8-11-24(34)35/h1-6,9,13,17,19-20H,7-8,10-12,14-15H2,(H,30,33)(H,31,42)(H,34,35)(H,36,37)(H,38,39)(H,40,41). The molecule has 0 fully saturated rings. The van der Waals surface area contributed by atoms with E-state index in [1.807, 2.05) is 0 Å². The van der Waals surface area contributed by atoms with E-state index in [1.54, 1.807) is 30.3 Å². The number of rotatable bonds is 21. The number of aromatic nitrogens is 1. The van der Waals surface area contributed by atoms with E-state index in [0.29, 0.717) is 5.56 Å². The fourth-order valence-electron chi connectivity index (χ4n) is 3.66. The lowest BCUT2D eigenvalue weighted by molar-refractivity contribution is -0.144. The second-order valence-electron chi connectivity index (χ2n) is 9.53. The molecular formula is C27H31FN3O13P. The summed E-state index contributed by atoms with van der Waals surface area (Å²) in [5.74, 6) is -9.84. The molecule has 1 aromatic heterocycles. The van der Waals surface area contributed by atoms with E-state index >= 15 is 0 Å². The second kappa shape index (κ2) is 17.7. The Morgan fingerprint density at radius 3 is 2.07 bits per heavy atom. The van der Waals surface area contributed by atoms with Gasteiger partial charge in [-0.3, -0.25) is 33.0 Å².